The van der Waals surface area contributed by atoms with Crippen LogP contribution in [0.5, 0.6) is 0 Å². The van der Waals surface area contributed by atoms with Crippen molar-refractivity contribution in [2.45, 2.75) is 25.3 Å². The molecule has 0 aliphatic rings. The molecule has 3 N–H and O–H groups in total. The smallest absolute Gasteiger partial charge is 0.242 e. The van der Waals surface area contributed by atoms with E-state index in [2.05, 4.69) is 4.72 Å². The predicted molar refractivity (Wildman–Crippen MR) is 69.4 cm³/mol. The number of nitrogens with one attached hydrogen (secondary N) is 1. The summed E-state index contributed by atoms with van der Waals surface area (Å²) in [6, 6.07) is 4.72. The Hall–Kier alpha value is -0.620. The lowest BCUT2D eigenvalue weighted by molar-refractivity contribution is 0.560. The summed E-state index contributed by atoms with van der Waals surface area (Å²) in [5.74, 6) is 0.242. The minimum absolute atomic E-state index is 0.0945. The Morgan fingerprint density at radius 1 is 1.41 bits per heavy atom. The van der Waals surface area contributed by atoms with Crippen molar-refractivity contribution in [2.75, 3.05) is 6.54 Å². The summed E-state index contributed by atoms with van der Waals surface area (Å²) in [6.45, 7) is 4.58. The molecule has 1 aromatic carbocycles. The van der Waals surface area contributed by atoms with Crippen LogP contribution in [-0.4, -0.2) is 15.0 Å². The molecule has 0 atom stereocenters. The molecular formula is C11H17ClN2O2S. The van der Waals surface area contributed by atoms with Crippen molar-refractivity contribution in [3.63, 3.8) is 0 Å². The van der Waals surface area contributed by atoms with Gasteiger partial charge in [0.25, 0.3) is 0 Å². The van der Waals surface area contributed by atoms with Gasteiger partial charge in [-0.3, -0.25) is 0 Å². The molecule has 0 unspecified atom stereocenters. The van der Waals surface area contributed by atoms with Crippen LogP contribution in [-0.2, 0) is 16.6 Å². The second kappa shape index (κ2) is 5.82. The largest absolute Gasteiger partial charge is 0.326 e. The van der Waals surface area contributed by atoms with Crippen molar-refractivity contribution < 1.29 is 8.42 Å². The maximum atomic E-state index is 11.9. The number of hydrogen-bond donors (Lipinski definition) is 2. The van der Waals surface area contributed by atoms with Crippen LogP contribution in [0.25, 0.3) is 0 Å². The van der Waals surface area contributed by atoms with Crippen molar-refractivity contribution >= 4 is 21.6 Å². The standard InChI is InChI=1S/C11H17ClN2O2S/c1-8(2)7-14-17(15,16)11-4-3-9(6-13)5-10(11)12/h3-5,8,14H,6-7,13H2,1-2H3. The number of sulfonamides is 1. The van der Waals surface area contributed by atoms with Gasteiger partial charge < -0.3 is 5.73 Å². The molecular weight excluding hydrogens is 260 g/mol. The van der Waals surface area contributed by atoms with E-state index in [0.717, 1.165) is 5.56 Å². The highest BCUT2D eigenvalue weighted by molar-refractivity contribution is 7.89. The minimum atomic E-state index is -3.53. The summed E-state index contributed by atoms with van der Waals surface area (Å²) in [6.07, 6.45) is 0. The van der Waals surface area contributed by atoms with E-state index < -0.39 is 10.0 Å². The molecule has 0 bridgehead atoms. The van der Waals surface area contributed by atoms with Crippen molar-refractivity contribution in [2.24, 2.45) is 11.7 Å². The first-order valence-corrected chi connectivity index (χ1v) is 7.21. The molecule has 1 aromatic rings. The van der Waals surface area contributed by atoms with Gasteiger partial charge in [-0.15, -0.1) is 0 Å². The van der Waals surface area contributed by atoms with Crippen molar-refractivity contribution in [1.82, 2.24) is 4.72 Å². The molecule has 96 valence electrons. The number of nitrogens with two attached hydrogens (primary N) is 1. The monoisotopic (exact) mass is 276 g/mol. The lowest BCUT2D eigenvalue weighted by atomic mass is 10.2. The molecule has 0 aromatic heterocycles. The number of hydrogen-bond acceptors (Lipinski definition) is 3. The molecule has 4 nitrogen and oxygen atoms in total. The zero-order chi connectivity index (χ0) is 13.1. The predicted octanol–water partition coefficient (Wildman–Crippen LogP) is 1.73. The fourth-order valence-corrected chi connectivity index (χ4v) is 3.02. The van der Waals surface area contributed by atoms with Gasteiger partial charge in [0, 0.05) is 13.1 Å². The van der Waals surface area contributed by atoms with E-state index in [-0.39, 0.29) is 15.8 Å². The molecule has 0 spiro atoms. The Kier molecular flexibility index (Phi) is 4.94. The Bertz CT molecular complexity index is 486. The molecule has 0 amide bonds. The minimum Gasteiger partial charge on any atom is -0.326 e. The van der Waals surface area contributed by atoms with Crippen LogP contribution in [0.15, 0.2) is 23.1 Å². The van der Waals surface area contributed by atoms with E-state index in [1.54, 1.807) is 12.1 Å². The first-order valence-electron chi connectivity index (χ1n) is 5.35. The first-order chi connectivity index (χ1) is 7.86. The van der Waals surface area contributed by atoms with Gasteiger partial charge in [0.15, 0.2) is 0 Å². The lowest BCUT2D eigenvalue weighted by Gasteiger charge is -2.10. The molecule has 0 heterocycles. The van der Waals surface area contributed by atoms with Crippen LogP contribution in [0, 0.1) is 5.92 Å². The van der Waals surface area contributed by atoms with E-state index in [9.17, 15) is 8.42 Å². The highest BCUT2D eigenvalue weighted by atomic mass is 35.5. The van der Waals surface area contributed by atoms with Crippen molar-refractivity contribution in [3.8, 4) is 0 Å². The van der Waals surface area contributed by atoms with E-state index in [0.29, 0.717) is 13.1 Å². The Balaban J connectivity index is 2.99. The molecule has 0 fully saturated rings. The third-order valence-corrected chi connectivity index (χ3v) is 4.11. The third kappa shape index (κ3) is 3.96. The summed E-state index contributed by atoms with van der Waals surface area (Å²) >= 11 is 5.93. The van der Waals surface area contributed by atoms with Crippen molar-refractivity contribution in [1.29, 1.82) is 0 Å². The van der Waals surface area contributed by atoms with Crippen LogP contribution in [0.3, 0.4) is 0 Å². The number of rotatable bonds is 5. The van der Waals surface area contributed by atoms with E-state index in [4.69, 9.17) is 17.3 Å². The molecule has 0 saturated carbocycles. The van der Waals surface area contributed by atoms with Gasteiger partial charge >= 0.3 is 0 Å². The molecule has 17 heavy (non-hydrogen) atoms. The normalized spacial score (nSPS) is 12.1. The Labute approximate surface area is 107 Å². The highest BCUT2D eigenvalue weighted by Gasteiger charge is 2.17. The second-order valence-electron chi connectivity index (χ2n) is 4.21. The van der Waals surface area contributed by atoms with Gasteiger partial charge in [-0.2, -0.15) is 0 Å². The molecule has 0 aliphatic carbocycles. The topological polar surface area (TPSA) is 72.2 Å². The zero-order valence-corrected chi connectivity index (χ0v) is 11.5. The van der Waals surface area contributed by atoms with Gasteiger partial charge in [-0.25, -0.2) is 13.1 Å². The van der Waals surface area contributed by atoms with Crippen LogP contribution >= 0.6 is 11.6 Å². The summed E-state index contributed by atoms with van der Waals surface area (Å²) in [5.41, 5.74) is 6.26. The van der Waals surface area contributed by atoms with Crippen molar-refractivity contribution in [3.05, 3.63) is 28.8 Å². The summed E-state index contributed by atoms with van der Waals surface area (Å²) < 4.78 is 26.4. The number of benzene rings is 1. The molecule has 0 radical (unpaired) electrons. The van der Waals surface area contributed by atoms with Gasteiger partial charge in [-0.05, 0) is 23.6 Å². The Morgan fingerprint density at radius 2 is 2.06 bits per heavy atom. The molecule has 0 saturated heterocycles. The zero-order valence-electron chi connectivity index (χ0n) is 9.90. The van der Waals surface area contributed by atoms with Gasteiger partial charge in [-0.1, -0.05) is 31.5 Å². The van der Waals surface area contributed by atoms with Crippen LogP contribution in [0.1, 0.15) is 19.4 Å². The fourth-order valence-electron chi connectivity index (χ4n) is 1.24. The summed E-state index contributed by atoms with van der Waals surface area (Å²) in [5, 5.41) is 0.198. The first kappa shape index (κ1) is 14.4. The van der Waals surface area contributed by atoms with Crippen LogP contribution < -0.4 is 10.5 Å². The summed E-state index contributed by atoms with van der Waals surface area (Å²) in [7, 11) is -3.53. The lowest BCUT2D eigenvalue weighted by Crippen LogP contribution is -2.27. The van der Waals surface area contributed by atoms with Gasteiger partial charge in [0.2, 0.25) is 10.0 Å². The van der Waals surface area contributed by atoms with Gasteiger partial charge in [0.1, 0.15) is 4.90 Å². The van der Waals surface area contributed by atoms with Crippen LogP contribution in [0.4, 0.5) is 0 Å². The average molecular weight is 277 g/mol. The molecule has 1 rings (SSSR count). The highest BCUT2D eigenvalue weighted by Crippen LogP contribution is 2.22. The third-order valence-electron chi connectivity index (χ3n) is 2.20. The molecule has 6 heteroatoms. The second-order valence-corrected chi connectivity index (χ2v) is 6.36. The van der Waals surface area contributed by atoms with E-state index in [1.807, 2.05) is 13.8 Å². The van der Waals surface area contributed by atoms with Crippen LogP contribution in [0.2, 0.25) is 5.02 Å². The maximum absolute atomic E-state index is 11.9. The SMILES string of the molecule is CC(C)CNS(=O)(=O)c1ccc(CN)cc1Cl. The molecule has 0 aliphatic heterocycles. The Morgan fingerprint density at radius 3 is 2.53 bits per heavy atom. The van der Waals surface area contributed by atoms with Gasteiger partial charge in [0.05, 0.1) is 5.02 Å². The number of halogens is 1. The summed E-state index contributed by atoms with van der Waals surface area (Å²) in [4.78, 5) is 0.0945. The average Bonchev–Trinajstić information content (AvgIpc) is 2.26. The maximum Gasteiger partial charge on any atom is 0.242 e. The quantitative estimate of drug-likeness (QED) is 0.860. The fraction of sp³-hybridized carbons (Fsp3) is 0.455. The van der Waals surface area contributed by atoms with E-state index in [1.165, 1.54) is 6.07 Å². The van der Waals surface area contributed by atoms with E-state index >= 15 is 0 Å².